The van der Waals surface area contributed by atoms with Gasteiger partial charge in [-0.25, -0.2) is 10.4 Å². The highest BCUT2D eigenvalue weighted by atomic mass is 32.2. The summed E-state index contributed by atoms with van der Waals surface area (Å²) in [6.07, 6.45) is 1.74. The average Bonchev–Trinajstić information content (AvgIpc) is 3.62. The van der Waals surface area contributed by atoms with Crippen LogP contribution < -0.4 is 10.2 Å². The van der Waals surface area contributed by atoms with Gasteiger partial charge in [-0.2, -0.15) is 5.10 Å². The number of rotatable bonds is 7. The van der Waals surface area contributed by atoms with Crippen LogP contribution in [0.15, 0.2) is 105 Å². The molecule has 5 aromatic rings. The highest BCUT2D eigenvalue weighted by Crippen LogP contribution is 2.46. The van der Waals surface area contributed by atoms with Crippen molar-refractivity contribution in [3.8, 4) is 5.75 Å². The third-order valence-corrected chi connectivity index (χ3v) is 9.30. The lowest BCUT2D eigenvalue weighted by atomic mass is 9.80. The van der Waals surface area contributed by atoms with Gasteiger partial charge in [0.1, 0.15) is 11.5 Å². The van der Waals surface area contributed by atoms with Crippen molar-refractivity contribution in [3.63, 3.8) is 0 Å². The number of benzene rings is 3. The fourth-order valence-electron chi connectivity index (χ4n) is 4.50. The van der Waals surface area contributed by atoms with Crippen LogP contribution in [0.2, 0.25) is 0 Å². The molecular weight excluding hydrogens is 531 g/mol. The summed E-state index contributed by atoms with van der Waals surface area (Å²) < 4.78 is 8.43. The molecular formula is C30H23N3O2S3. The molecule has 5 nitrogen and oxygen atoms in total. The van der Waals surface area contributed by atoms with Gasteiger partial charge in [0.2, 0.25) is 0 Å². The molecule has 0 spiro atoms. The molecule has 6 rings (SSSR count). The SMILES string of the molecule is Cc1ccccc1C1C(C=NNC(=O)CSc2nc3ccccc3s2)=C(c2cccs2)Oc2ccccc21. The standard InChI is InChI=1S/C30H23N3O2S3/c1-19-9-2-3-10-20(19)28-21-11-4-6-13-24(21)35-29(26-15-8-16-36-26)22(28)17-31-33-27(34)18-37-30-32-23-12-5-7-14-25(23)38-30/h2-17,28H,18H2,1H3,(H,33,34). The zero-order valence-electron chi connectivity index (χ0n) is 20.5. The van der Waals surface area contributed by atoms with E-state index in [2.05, 4.69) is 46.7 Å². The molecule has 188 valence electrons. The van der Waals surface area contributed by atoms with Crippen LogP contribution in [0.5, 0.6) is 5.75 Å². The number of hydrogen-bond donors (Lipinski definition) is 1. The monoisotopic (exact) mass is 553 g/mol. The lowest BCUT2D eigenvalue weighted by molar-refractivity contribution is -0.118. The first-order valence-electron chi connectivity index (χ1n) is 12.1. The molecule has 0 bridgehead atoms. The van der Waals surface area contributed by atoms with Crippen molar-refractivity contribution < 1.29 is 9.53 Å². The van der Waals surface area contributed by atoms with Crippen LogP contribution in [0.25, 0.3) is 16.0 Å². The first-order valence-corrected chi connectivity index (χ1v) is 14.8. The minimum absolute atomic E-state index is 0.0870. The van der Waals surface area contributed by atoms with Crippen LogP contribution in [0.4, 0.5) is 0 Å². The summed E-state index contributed by atoms with van der Waals surface area (Å²) in [4.78, 5) is 18.3. The minimum atomic E-state index is -0.187. The number of nitrogens with zero attached hydrogens (tertiary/aromatic N) is 2. The van der Waals surface area contributed by atoms with E-state index < -0.39 is 0 Å². The molecule has 1 aliphatic heterocycles. The van der Waals surface area contributed by atoms with Crippen LogP contribution in [0.1, 0.15) is 27.5 Å². The molecule has 38 heavy (non-hydrogen) atoms. The molecule has 0 aliphatic carbocycles. The predicted octanol–water partition coefficient (Wildman–Crippen LogP) is 7.50. The number of amides is 1. The number of fused-ring (bicyclic) bond motifs is 2. The summed E-state index contributed by atoms with van der Waals surface area (Å²) in [7, 11) is 0. The predicted molar refractivity (Wildman–Crippen MR) is 158 cm³/mol. The normalized spacial score (nSPS) is 15.0. The third-order valence-electron chi connectivity index (χ3n) is 6.25. The number of aryl methyl sites for hydroxylation is 1. The summed E-state index contributed by atoms with van der Waals surface area (Å²) in [5, 5.41) is 6.43. The molecule has 0 saturated carbocycles. The van der Waals surface area contributed by atoms with Gasteiger partial charge in [0.15, 0.2) is 4.34 Å². The van der Waals surface area contributed by atoms with Crippen molar-refractivity contribution in [3.05, 3.63) is 117 Å². The number of aromatic nitrogens is 1. The van der Waals surface area contributed by atoms with Crippen molar-refractivity contribution in [2.75, 3.05) is 5.75 Å². The van der Waals surface area contributed by atoms with Crippen molar-refractivity contribution in [1.82, 2.24) is 10.4 Å². The van der Waals surface area contributed by atoms with Gasteiger partial charge in [0.25, 0.3) is 5.91 Å². The minimum Gasteiger partial charge on any atom is -0.455 e. The second-order valence-corrected chi connectivity index (χ2v) is 11.9. The summed E-state index contributed by atoms with van der Waals surface area (Å²) >= 11 is 4.62. The smallest absolute Gasteiger partial charge is 0.250 e. The third kappa shape index (κ3) is 5.03. The van der Waals surface area contributed by atoms with Gasteiger partial charge in [-0.15, -0.1) is 22.7 Å². The van der Waals surface area contributed by atoms with Crippen molar-refractivity contribution in [1.29, 1.82) is 0 Å². The zero-order valence-corrected chi connectivity index (χ0v) is 22.9. The van der Waals surface area contributed by atoms with Gasteiger partial charge in [-0.05, 0) is 47.7 Å². The molecule has 0 fully saturated rings. The number of hydrazone groups is 1. The number of ether oxygens (including phenoxy) is 1. The highest BCUT2D eigenvalue weighted by molar-refractivity contribution is 8.01. The van der Waals surface area contributed by atoms with E-state index in [1.807, 2.05) is 66.0 Å². The number of thiophene rings is 1. The van der Waals surface area contributed by atoms with Gasteiger partial charge in [0.05, 0.1) is 27.1 Å². The van der Waals surface area contributed by atoms with E-state index in [1.165, 1.54) is 22.9 Å². The molecule has 8 heteroatoms. The maximum atomic E-state index is 12.7. The van der Waals surface area contributed by atoms with Crippen molar-refractivity contribution in [2.45, 2.75) is 17.2 Å². The number of hydrogen-bond acceptors (Lipinski definition) is 7. The van der Waals surface area contributed by atoms with E-state index in [1.54, 1.807) is 28.9 Å². The molecule has 1 unspecified atom stereocenters. The Morgan fingerprint density at radius 2 is 1.82 bits per heavy atom. The topological polar surface area (TPSA) is 63.6 Å². The van der Waals surface area contributed by atoms with Crippen LogP contribution in [0, 0.1) is 6.92 Å². The Morgan fingerprint density at radius 3 is 2.63 bits per heavy atom. The van der Waals surface area contributed by atoms with Crippen LogP contribution in [-0.4, -0.2) is 22.9 Å². The first-order chi connectivity index (χ1) is 18.7. The zero-order chi connectivity index (χ0) is 25.9. The summed E-state index contributed by atoms with van der Waals surface area (Å²) in [5.74, 6) is 1.55. The van der Waals surface area contributed by atoms with E-state index in [0.29, 0.717) is 0 Å². The Hall–Kier alpha value is -3.72. The molecule has 0 saturated heterocycles. The van der Waals surface area contributed by atoms with Gasteiger partial charge >= 0.3 is 0 Å². The van der Waals surface area contributed by atoms with E-state index >= 15 is 0 Å². The number of thioether (sulfide) groups is 1. The van der Waals surface area contributed by atoms with Crippen LogP contribution in [-0.2, 0) is 4.79 Å². The van der Waals surface area contributed by atoms with E-state index in [9.17, 15) is 4.79 Å². The lowest BCUT2D eigenvalue weighted by Gasteiger charge is -2.30. The number of thiazole rings is 1. The highest BCUT2D eigenvalue weighted by Gasteiger charge is 2.32. The van der Waals surface area contributed by atoms with E-state index in [-0.39, 0.29) is 17.6 Å². The van der Waals surface area contributed by atoms with Gasteiger partial charge < -0.3 is 4.74 Å². The summed E-state index contributed by atoms with van der Waals surface area (Å²) in [5.41, 5.74) is 7.99. The van der Waals surface area contributed by atoms with Crippen LogP contribution >= 0.6 is 34.4 Å². The van der Waals surface area contributed by atoms with Gasteiger partial charge in [-0.1, -0.05) is 72.4 Å². The summed E-state index contributed by atoms with van der Waals surface area (Å²) in [6.45, 7) is 2.12. The maximum Gasteiger partial charge on any atom is 0.250 e. The summed E-state index contributed by atoms with van der Waals surface area (Å²) in [6, 6.07) is 28.5. The first kappa shape index (κ1) is 24.6. The van der Waals surface area contributed by atoms with Gasteiger partial charge in [0, 0.05) is 17.1 Å². The number of nitrogens with one attached hydrogen (secondary N) is 1. The fourth-order valence-corrected chi connectivity index (χ4v) is 7.09. The average molecular weight is 554 g/mol. The molecule has 2 aromatic heterocycles. The molecule has 1 aliphatic rings. The molecule has 0 radical (unpaired) electrons. The van der Waals surface area contributed by atoms with Crippen molar-refractivity contribution >= 4 is 62.5 Å². The number of para-hydroxylation sites is 2. The molecule has 3 aromatic carbocycles. The largest absolute Gasteiger partial charge is 0.455 e. The Labute approximate surface area is 232 Å². The fraction of sp³-hybridized carbons (Fsp3) is 0.100. The molecule has 1 amide bonds. The Morgan fingerprint density at radius 1 is 1.03 bits per heavy atom. The molecule has 1 atom stereocenters. The molecule has 1 N–H and O–H groups in total. The lowest BCUT2D eigenvalue weighted by Crippen LogP contribution is -2.22. The Kier molecular flexibility index (Phi) is 7.09. The Bertz CT molecular complexity index is 1640. The van der Waals surface area contributed by atoms with Crippen molar-refractivity contribution in [2.24, 2.45) is 5.10 Å². The van der Waals surface area contributed by atoms with E-state index in [4.69, 9.17) is 4.74 Å². The van der Waals surface area contributed by atoms with E-state index in [0.717, 1.165) is 42.1 Å². The number of carbonyl (C=O) groups is 1. The second kappa shape index (κ2) is 10.9. The van der Waals surface area contributed by atoms with Crippen LogP contribution in [0.3, 0.4) is 0 Å². The molecule has 3 heterocycles. The number of allylic oxidation sites excluding steroid dienone is 1. The van der Waals surface area contributed by atoms with Gasteiger partial charge in [-0.3, -0.25) is 4.79 Å². The maximum absolute atomic E-state index is 12.7. The number of carbonyl (C=O) groups excluding carboxylic acids is 1. The Balaban J connectivity index is 1.28. The second-order valence-electron chi connectivity index (χ2n) is 8.72. The quantitative estimate of drug-likeness (QED) is 0.129.